The van der Waals surface area contributed by atoms with Gasteiger partial charge in [0.15, 0.2) is 23.2 Å². The van der Waals surface area contributed by atoms with Crippen LogP contribution in [0.1, 0.15) is 18.3 Å². The molecule has 0 saturated carbocycles. The van der Waals surface area contributed by atoms with Crippen molar-refractivity contribution in [3.05, 3.63) is 48.0 Å². The molecule has 10 heteroatoms. The molecular formula is C19H25IN6O3. The first-order valence-electron chi connectivity index (χ1n) is 8.91. The summed E-state index contributed by atoms with van der Waals surface area (Å²) in [6.07, 6.45) is 1.59. The Hall–Kier alpha value is -2.76. The first-order valence-corrected chi connectivity index (χ1v) is 8.91. The summed E-state index contributed by atoms with van der Waals surface area (Å²) in [5, 5.41) is 13.5. The highest BCUT2D eigenvalue weighted by Gasteiger charge is 2.09. The zero-order valence-electron chi connectivity index (χ0n) is 16.6. The largest absolute Gasteiger partial charge is 0.493 e. The van der Waals surface area contributed by atoms with E-state index in [-0.39, 0.29) is 24.0 Å². The summed E-state index contributed by atoms with van der Waals surface area (Å²) in [5.41, 5.74) is 1.01. The minimum atomic E-state index is 0. The molecule has 0 aliphatic heterocycles. The fourth-order valence-electron chi connectivity index (χ4n) is 2.55. The first-order chi connectivity index (χ1) is 13.7. The van der Waals surface area contributed by atoms with Crippen molar-refractivity contribution in [2.75, 3.05) is 20.8 Å². The van der Waals surface area contributed by atoms with Crippen LogP contribution in [-0.4, -0.2) is 41.9 Å². The first kappa shape index (κ1) is 22.5. The van der Waals surface area contributed by atoms with Crippen LogP contribution >= 0.6 is 24.0 Å². The lowest BCUT2D eigenvalue weighted by atomic mass is 10.2. The molecule has 0 atom stereocenters. The van der Waals surface area contributed by atoms with Crippen molar-refractivity contribution in [1.82, 2.24) is 25.8 Å². The van der Waals surface area contributed by atoms with Gasteiger partial charge in [0.05, 0.1) is 33.6 Å². The molecule has 9 nitrogen and oxygen atoms in total. The number of nitrogens with zero attached hydrogens (tertiary/aromatic N) is 3. The van der Waals surface area contributed by atoms with E-state index in [0.29, 0.717) is 48.0 Å². The van der Waals surface area contributed by atoms with Gasteiger partial charge in [0.25, 0.3) is 0 Å². The lowest BCUT2D eigenvalue weighted by molar-refractivity contribution is 0.354. The Balaban J connectivity index is 0.00000300. The summed E-state index contributed by atoms with van der Waals surface area (Å²) in [5.74, 6) is 3.88. The molecule has 3 rings (SSSR count). The summed E-state index contributed by atoms with van der Waals surface area (Å²) in [6, 6.07) is 9.36. The fraction of sp³-hybridized carbons (Fsp3) is 0.316. The topological polar surface area (TPSA) is 110 Å². The number of H-pyrrole nitrogens is 1. The molecule has 2 heterocycles. The summed E-state index contributed by atoms with van der Waals surface area (Å²) >= 11 is 0. The van der Waals surface area contributed by atoms with Gasteiger partial charge in [-0.3, -0.25) is 5.10 Å². The third kappa shape index (κ3) is 6.11. The van der Waals surface area contributed by atoms with Gasteiger partial charge < -0.3 is 24.5 Å². The van der Waals surface area contributed by atoms with Gasteiger partial charge in [-0.15, -0.1) is 29.1 Å². The Kier molecular flexibility index (Phi) is 8.77. The molecule has 156 valence electrons. The second-order valence-electron chi connectivity index (χ2n) is 5.82. The summed E-state index contributed by atoms with van der Waals surface area (Å²) in [6.45, 7) is 3.69. The SMILES string of the molecule is CCNC(=NCc1ccc(OC)c(OC)c1)NCc1nc(-c2ccco2)n[nH]1.I. The quantitative estimate of drug-likeness (QED) is 0.242. The van der Waals surface area contributed by atoms with Crippen LogP contribution in [0.4, 0.5) is 0 Å². The third-order valence-electron chi connectivity index (χ3n) is 3.91. The van der Waals surface area contributed by atoms with Gasteiger partial charge in [0, 0.05) is 6.54 Å². The molecule has 29 heavy (non-hydrogen) atoms. The van der Waals surface area contributed by atoms with Crippen LogP contribution in [0.5, 0.6) is 11.5 Å². The molecule has 1 aromatic carbocycles. The smallest absolute Gasteiger partial charge is 0.216 e. The van der Waals surface area contributed by atoms with Gasteiger partial charge in [-0.05, 0) is 36.8 Å². The van der Waals surface area contributed by atoms with Crippen molar-refractivity contribution in [2.45, 2.75) is 20.0 Å². The lowest BCUT2D eigenvalue weighted by Crippen LogP contribution is -2.37. The number of furan rings is 1. The molecular weight excluding hydrogens is 487 g/mol. The zero-order chi connectivity index (χ0) is 19.8. The second-order valence-corrected chi connectivity index (χ2v) is 5.82. The predicted molar refractivity (Wildman–Crippen MR) is 121 cm³/mol. The van der Waals surface area contributed by atoms with Crippen LogP contribution in [0.3, 0.4) is 0 Å². The number of aliphatic imine (C=N–C) groups is 1. The predicted octanol–water partition coefficient (Wildman–Crippen LogP) is 2.96. The molecule has 0 radical (unpaired) electrons. The number of benzene rings is 1. The maximum Gasteiger partial charge on any atom is 0.216 e. The lowest BCUT2D eigenvalue weighted by Gasteiger charge is -2.11. The van der Waals surface area contributed by atoms with Gasteiger partial charge in [0.2, 0.25) is 5.82 Å². The summed E-state index contributed by atoms with van der Waals surface area (Å²) < 4.78 is 15.9. The van der Waals surface area contributed by atoms with E-state index < -0.39 is 0 Å². The van der Waals surface area contributed by atoms with E-state index in [9.17, 15) is 0 Å². The Bertz CT molecular complexity index is 911. The number of ether oxygens (including phenoxy) is 2. The normalized spacial score (nSPS) is 10.9. The molecule has 0 aliphatic carbocycles. The van der Waals surface area contributed by atoms with Gasteiger partial charge in [0.1, 0.15) is 5.82 Å². The highest BCUT2D eigenvalue weighted by atomic mass is 127. The van der Waals surface area contributed by atoms with E-state index in [1.165, 1.54) is 0 Å². The highest BCUT2D eigenvalue weighted by Crippen LogP contribution is 2.27. The van der Waals surface area contributed by atoms with Crippen LogP contribution in [0.25, 0.3) is 11.6 Å². The number of halogens is 1. The summed E-state index contributed by atoms with van der Waals surface area (Å²) in [7, 11) is 3.23. The second kappa shape index (κ2) is 11.3. The van der Waals surface area contributed by atoms with Crippen LogP contribution in [0, 0.1) is 0 Å². The molecule has 0 unspecified atom stereocenters. The van der Waals surface area contributed by atoms with E-state index >= 15 is 0 Å². The minimum Gasteiger partial charge on any atom is -0.493 e. The molecule has 0 amide bonds. The van der Waals surface area contributed by atoms with Crippen LogP contribution in [0.15, 0.2) is 46.0 Å². The van der Waals surface area contributed by atoms with E-state index in [1.54, 1.807) is 26.5 Å². The van der Waals surface area contributed by atoms with Crippen molar-refractivity contribution < 1.29 is 13.9 Å². The van der Waals surface area contributed by atoms with Gasteiger partial charge in [-0.1, -0.05) is 6.07 Å². The van der Waals surface area contributed by atoms with E-state index in [0.717, 1.165) is 12.1 Å². The minimum absolute atomic E-state index is 0. The Morgan fingerprint density at radius 1 is 1.17 bits per heavy atom. The number of rotatable bonds is 8. The van der Waals surface area contributed by atoms with Crippen molar-refractivity contribution in [2.24, 2.45) is 4.99 Å². The van der Waals surface area contributed by atoms with Gasteiger partial charge >= 0.3 is 0 Å². The number of methoxy groups -OCH3 is 2. The molecule has 2 aromatic heterocycles. The monoisotopic (exact) mass is 512 g/mol. The van der Waals surface area contributed by atoms with Gasteiger partial charge in [-0.25, -0.2) is 9.98 Å². The van der Waals surface area contributed by atoms with Crippen molar-refractivity contribution in [3.8, 4) is 23.1 Å². The van der Waals surface area contributed by atoms with Crippen molar-refractivity contribution >= 4 is 29.9 Å². The average molecular weight is 512 g/mol. The molecule has 0 fully saturated rings. The number of aromatic amines is 1. The standard InChI is InChI=1S/C19H24N6O3.HI/c1-4-20-19(21-11-13-7-8-14(26-2)16(10-13)27-3)22-12-17-23-18(25-24-17)15-6-5-9-28-15;/h5-10H,4,11-12H2,1-3H3,(H2,20,21,22)(H,23,24,25);1H. The fourth-order valence-corrected chi connectivity index (χ4v) is 2.55. The van der Waals surface area contributed by atoms with Crippen LogP contribution in [-0.2, 0) is 13.1 Å². The Labute approximate surface area is 186 Å². The molecule has 0 aliphatic rings. The number of guanidine groups is 1. The molecule has 0 spiro atoms. The van der Waals surface area contributed by atoms with Crippen molar-refractivity contribution in [3.63, 3.8) is 0 Å². The number of aromatic nitrogens is 3. The average Bonchev–Trinajstić information content (AvgIpc) is 3.41. The van der Waals surface area contributed by atoms with E-state index in [2.05, 4.69) is 30.8 Å². The van der Waals surface area contributed by atoms with E-state index in [4.69, 9.17) is 13.9 Å². The molecule has 0 bridgehead atoms. The Morgan fingerprint density at radius 2 is 2.00 bits per heavy atom. The van der Waals surface area contributed by atoms with E-state index in [1.807, 2.05) is 31.2 Å². The maximum atomic E-state index is 5.34. The summed E-state index contributed by atoms with van der Waals surface area (Å²) in [4.78, 5) is 9.01. The molecule has 0 saturated heterocycles. The van der Waals surface area contributed by atoms with Crippen LogP contribution in [0.2, 0.25) is 0 Å². The van der Waals surface area contributed by atoms with Crippen LogP contribution < -0.4 is 20.1 Å². The number of hydrogen-bond donors (Lipinski definition) is 3. The zero-order valence-corrected chi connectivity index (χ0v) is 18.9. The third-order valence-corrected chi connectivity index (χ3v) is 3.91. The highest BCUT2D eigenvalue weighted by molar-refractivity contribution is 14.0. The van der Waals surface area contributed by atoms with Gasteiger partial charge in [-0.2, -0.15) is 0 Å². The Morgan fingerprint density at radius 3 is 2.69 bits per heavy atom. The molecule has 3 aromatic rings. The molecule has 3 N–H and O–H groups in total. The maximum absolute atomic E-state index is 5.34. The number of nitrogens with one attached hydrogen (secondary N) is 3. The van der Waals surface area contributed by atoms with Crippen molar-refractivity contribution in [1.29, 1.82) is 0 Å². The number of hydrogen-bond acceptors (Lipinski definition) is 6.